The first-order chi connectivity index (χ1) is 5.95. The fraction of sp³-hybridized carbons (Fsp3) is 0.333. The molecule has 0 radical (unpaired) electrons. The molecule has 4 nitrogen and oxygen atoms in total. The van der Waals surface area contributed by atoms with Crippen LogP contribution in [0.25, 0.3) is 0 Å². The molecule has 0 rings (SSSR count). The van der Waals surface area contributed by atoms with Gasteiger partial charge in [-0.2, -0.15) is 0 Å². The number of esters is 1. The first-order valence-electron chi connectivity index (χ1n) is 3.71. The Kier molecular flexibility index (Phi) is 4.51. The van der Waals surface area contributed by atoms with Crippen molar-refractivity contribution in [1.29, 1.82) is 0 Å². The van der Waals surface area contributed by atoms with Gasteiger partial charge in [0.1, 0.15) is 0 Å². The molecular formula is C9H13NO3. The Bertz CT molecular complexity index is 230. The number of hydrogen-bond acceptors (Lipinski definition) is 3. The SMILES string of the molecule is C=C(C)C(=O)NCOC(=O)C(=C)C. The average Bonchev–Trinajstić information content (AvgIpc) is 2.03. The van der Waals surface area contributed by atoms with Crippen LogP contribution in [-0.2, 0) is 14.3 Å². The van der Waals surface area contributed by atoms with E-state index in [9.17, 15) is 9.59 Å². The molecule has 0 spiro atoms. The van der Waals surface area contributed by atoms with Crippen LogP contribution in [0.3, 0.4) is 0 Å². The third-order valence-corrected chi connectivity index (χ3v) is 1.17. The number of carbonyl (C=O) groups excluding carboxylic acids is 2. The predicted molar refractivity (Wildman–Crippen MR) is 48.7 cm³/mol. The molecule has 0 saturated carbocycles. The van der Waals surface area contributed by atoms with Crippen LogP contribution >= 0.6 is 0 Å². The van der Waals surface area contributed by atoms with Gasteiger partial charge in [0.05, 0.1) is 0 Å². The predicted octanol–water partition coefficient (Wildman–Crippen LogP) is 0.755. The molecule has 0 unspecified atom stereocenters. The first kappa shape index (κ1) is 11.4. The van der Waals surface area contributed by atoms with Gasteiger partial charge in [-0.3, -0.25) is 4.79 Å². The monoisotopic (exact) mass is 183 g/mol. The molecule has 4 heteroatoms. The highest BCUT2D eigenvalue weighted by molar-refractivity contribution is 5.92. The molecule has 0 atom stereocenters. The van der Waals surface area contributed by atoms with E-state index in [0.717, 1.165) is 0 Å². The van der Waals surface area contributed by atoms with E-state index >= 15 is 0 Å². The molecular weight excluding hydrogens is 170 g/mol. The zero-order valence-electron chi connectivity index (χ0n) is 7.85. The molecule has 0 aliphatic rings. The highest BCUT2D eigenvalue weighted by atomic mass is 16.5. The van der Waals surface area contributed by atoms with Crippen LogP contribution in [0.1, 0.15) is 13.8 Å². The molecule has 0 aliphatic heterocycles. The van der Waals surface area contributed by atoms with Crippen LogP contribution in [0.15, 0.2) is 24.3 Å². The summed E-state index contributed by atoms with van der Waals surface area (Å²) in [5.74, 6) is -0.864. The lowest BCUT2D eigenvalue weighted by Crippen LogP contribution is -2.28. The van der Waals surface area contributed by atoms with Gasteiger partial charge in [0.15, 0.2) is 6.73 Å². The van der Waals surface area contributed by atoms with Crippen molar-refractivity contribution in [2.75, 3.05) is 6.73 Å². The van der Waals surface area contributed by atoms with Crippen LogP contribution in [0, 0.1) is 0 Å². The number of carbonyl (C=O) groups is 2. The van der Waals surface area contributed by atoms with E-state index in [-0.39, 0.29) is 12.6 Å². The van der Waals surface area contributed by atoms with Gasteiger partial charge in [-0.15, -0.1) is 0 Å². The van der Waals surface area contributed by atoms with Crippen molar-refractivity contribution in [2.24, 2.45) is 0 Å². The van der Waals surface area contributed by atoms with Gasteiger partial charge in [0.2, 0.25) is 5.91 Å². The van der Waals surface area contributed by atoms with E-state index in [1.165, 1.54) is 6.92 Å². The molecule has 1 N–H and O–H groups in total. The van der Waals surface area contributed by atoms with E-state index < -0.39 is 5.97 Å². The fourth-order valence-electron chi connectivity index (χ4n) is 0.441. The summed E-state index contributed by atoms with van der Waals surface area (Å²) >= 11 is 0. The molecule has 0 bridgehead atoms. The number of nitrogens with one attached hydrogen (secondary N) is 1. The van der Waals surface area contributed by atoms with Crippen LogP contribution in [0.4, 0.5) is 0 Å². The zero-order valence-corrected chi connectivity index (χ0v) is 7.85. The largest absolute Gasteiger partial charge is 0.441 e. The maximum atomic E-state index is 10.9. The maximum Gasteiger partial charge on any atom is 0.334 e. The van der Waals surface area contributed by atoms with Crippen LogP contribution in [0.5, 0.6) is 0 Å². The van der Waals surface area contributed by atoms with Gasteiger partial charge in [0.25, 0.3) is 0 Å². The lowest BCUT2D eigenvalue weighted by molar-refractivity contribution is -0.140. The van der Waals surface area contributed by atoms with Crippen LogP contribution in [-0.4, -0.2) is 18.6 Å². The fourth-order valence-corrected chi connectivity index (χ4v) is 0.441. The van der Waals surface area contributed by atoms with E-state index in [0.29, 0.717) is 11.1 Å². The molecule has 13 heavy (non-hydrogen) atoms. The van der Waals surface area contributed by atoms with Crippen molar-refractivity contribution in [2.45, 2.75) is 13.8 Å². The summed E-state index contributed by atoms with van der Waals surface area (Å²) in [6, 6.07) is 0. The third kappa shape index (κ3) is 4.79. The van der Waals surface area contributed by atoms with Gasteiger partial charge in [-0.1, -0.05) is 13.2 Å². The smallest absolute Gasteiger partial charge is 0.334 e. The second-order valence-electron chi connectivity index (χ2n) is 2.64. The van der Waals surface area contributed by atoms with Crippen LogP contribution in [0.2, 0.25) is 0 Å². The lowest BCUT2D eigenvalue weighted by atomic mass is 10.3. The molecule has 1 amide bonds. The second kappa shape index (κ2) is 5.13. The molecule has 0 saturated heterocycles. The average molecular weight is 183 g/mol. The van der Waals surface area contributed by atoms with Gasteiger partial charge >= 0.3 is 5.97 Å². The molecule has 0 aliphatic carbocycles. The van der Waals surface area contributed by atoms with Crippen molar-refractivity contribution in [3.05, 3.63) is 24.3 Å². The minimum absolute atomic E-state index is 0.155. The maximum absolute atomic E-state index is 10.9. The molecule has 0 aromatic rings. The summed E-state index contributed by atoms with van der Waals surface area (Å²) in [5.41, 5.74) is 0.663. The Morgan fingerprint density at radius 3 is 2.15 bits per heavy atom. The van der Waals surface area contributed by atoms with Crippen molar-refractivity contribution in [3.63, 3.8) is 0 Å². The topological polar surface area (TPSA) is 55.4 Å². The van der Waals surface area contributed by atoms with Crippen LogP contribution < -0.4 is 5.32 Å². The highest BCUT2D eigenvalue weighted by Crippen LogP contribution is 1.91. The number of rotatable bonds is 4. The highest BCUT2D eigenvalue weighted by Gasteiger charge is 2.04. The molecule has 0 heterocycles. The lowest BCUT2D eigenvalue weighted by Gasteiger charge is -2.05. The molecule has 0 aromatic carbocycles. The minimum atomic E-state index is -0.526. The number of amides is 1. The van der Waals surface area contributed by atoms with Gasteiger partial charge < -0.3 is 10.1 Å². The zero-order chi connectivity index (χ0) is 10.4. The molecule has 72 valence electrons. The van der Waals surface area contributed by atoms with Crippen molar-refractivity contribution >= 4 is 11.9 Å². The standard InChI is InChI=1S/C9H13NO3/c1-6(2)8(11)10-5-13-9(12)7(3)4/h1,3,5H2,2,4H3,(H,10,11). The van der Waals surface area contributed by atoms with Crippen molar-refractivity contribution in [3.8, 4) is 0 Å². The minimum Gasteiger partial charge on any atom is -0.441 e. The quantitative estimate of drug-likeness (QED) is 0.397. The van der Waals surface area contributed by atoms with Gasteiger partial charge in [0, 0.05) is 11.1 Å². The third-order valence-electron chi connectivity index (χ3n) is 1.17. The van der Waals surface area contributed by atoms with Gasteiger partial charge in [-0.25, -0.2) is 4.79 Å². The normalized spacial score (nSPS) is 8.77. The summed E-state index contributed by atoms with van der Waals surface area (Å²) in [5, 5.41) is 2.35. The molecule has 0 fully saturated rings. The Morgan fingerprint density at radius 1 is 1.23 bits per heavy atom. The first-order valence-corrected chi connectivity index (χ1v) is 3.71. The molecule has 0 aromatic heterocycles. The van der Waals surface area contributed by atoms with E-state index in [2.05, 4.69) is 23.2 Å². The van der Waals surface area contributed by atoms with Crippen molar-refractivity contribution in [1.82, 2.24) is 5.32 Å². The Labute approximate surface area is 77.3 Å². The summed E-state index contributed by atoms with van der Waals surface area (Å²) in [6.07, 6.45) is 0. The van der Waals surface area contributed by atoms with E-state index in [1.807, 2.05) is 0 Å². The second-order valence-corrected chi connectivity index (χ2v) is 2.64. The Morgan fingerprint density at radius 2 is 1.77 bits per heavy atom. The number of hydrogen-bond donors (Lipinski definition) is 1. The van der Waals surface area contributed by atoms with Crippen molar-refractivity contribution < 1.29 is 14.3 Å². The Balaban J connectivity index is 3.69. The number of ether oxygens (including phenoxy) is 1. The summed E-state index contributed by atoms with van der Waals surface area (Å²) < 4.78 is 4.61. The summed E-state index contributed by atoms with van der Waals surface area (Å²) in [7, 11) is 0. The Hall–Kier alpha value is -1.58. The van der Waals surface area contributed by atoms with Gasteiger partial charge in [-0.05, 0) is 13.8 Å². The summed E-state index contributed by atoms with van der Waals surface area (Å²) in [4.78, 5) is 21.7. The van der Waals surface area contributed by atoms with E-state index in [1.54, 1.807) is 6.92 Å². The summed E-state index contributed by atoms with van der Waals surface area (Å²) in [6.45, 7) is 9.74. The van der Waals surface area contributed by atoms with E-state index in [4.69, 9.17) is 0 Å².